The third-order valence-corrected chi connectivity index (χ3v) is 4.87. The fraction of sp³-hybridized carbons (Fsp3) is 0.364. The Balaban J connectivity index is 1.56. The lowest BCUT2D eigenvalue weighted by Gasteiger charge is -2.34. The van der Waals surface area contributed by atoms with E-state index in [0.717, 1.165) is 6.54 Å². The average molecular weight is 382 g/mol. The van der Waals surface area contributed by atoms with Crippen LogP contribution in [0.25, 0.3) is 0 Å². The molecule has 2 atom stereocenters. The quantitative estimate of drug-likeness (QED) is 0.760. The zero-order valence-corrected chi connectivity index (χ0v) is 16.0. The normalized spacial score (nSPS) is 19.8. The zero-order valence-electron chi connectivity index (χ0n) is 16.0. The molecule has 1 heterocycles. The number of amides is 1. The fourth-order valence-electron chi connectivity index (χ4n) is 3.57. The number of hydrogen-bond donors (Lipinski definition) is 2. The van der Waals surface area contributed by atoms with E-state index in [1.807, 2.05) is 48.5 Å². The minimum absolute atomic E-state index is 0.116. The molecule has 0 spiro atoms. The number of ether oxygens (including phenoxy) is 1. The number of benzene rings is 2. The Morgan fingerprint density at radius 1 is 1.11 bits per heavy atom. The molecular weight excluding hydrogens is 356 g/mol. The summed E-state index contributed by atoms with van der Waals surface area (Å²) in [7, 11) is 0. The van der Waals surface area contributed by atoms with E-state index in [1.165, 1.54) is 0 Å². The second-order valence-electron chi connectivity index (χ2n) is 7.35. The molecule has 2 aromatic carbocycles. The molecule has 2 N–H and O–H groups in total. The number of carboxylic acid groups (broad SMARTS) is 1. The first kappa shape index (κ1) is 19.9. The summed E-state index contributed by atoms with van der Waals surface area (Å²) in [4.78, 5) is 25.8. The number of para-hydroxylation sites is 3. The van der Waals surface area contributed by atoms with Gasteiger partial charge in [-0.3, -0.25) is 9.59 Å². The van der Waals surface area contributed by atoms with Crippen LogP contribution in [-0.4, -0.2) is 41.5 Å². The van der Waals surface area contributed by atoms with Crippen LogP contribution in [0.2, 0.25) is 0 Å². The van der Waals surface area contributed by atoms with Crippen LogP contribution in [0, 0.1) is 11.8 Å². The molecule has 0 aliphatic carbocycles. The van der Waals surface area contributed by atoms with Gasteiger partial charge in [0.05, 0.1) is 11.6 Å². The van der Waals surface area contributed by atoms with E-state index < -0.39 is 5.97 Å². The van der Waals surface area contributed by atoms with Crippen LogP contribution in [0.3, 0.4) is 0 Å². The number of hydrogen-bond acceptors (Lipinski definition) is 4. The van der Waals surface area contributed by atoms with E-state index in [2.05, 4.69) is 17.1 Å². The Hall–Kier alpha value is -2.86. The number of piperidine rings is 1. The van der Waals surface area contributed by atoms with Crippen molar-refractivity contribution >= 4 is 17.6 Å². The molecule has 28 heavy (non-hydrogen) atoms. The Morgan fingerprint density at radius 2 is 1.82 bits per heavy atom. The Labute approximate surface area is 165 Å². The highest BCUT2D eigenvalue weighted by atomic mass is 16.5. The van der Waals surface area contributed by atoms with Gasteiger partial charge in [0, 0.05) is 26.1 Å². The highest BCUT2D eigenvalue weighted by Gasteiger charge is 2.29. The Kier molecular flexibility index (Phi) is 6.66. The van der Waals surface area contributed by atoms with E-state index in [-0.39, 0.29) is 11.8 Å². The van der Waals surface area contributed by atoms with Crippen LogP contribution in [0.15, 0.2) is 54.6 Å². The minimum Gasteiger partial charge on any atom is -0.481 e. The van der Waals surface area contributed by atoms with Crippen molar-refractivity contribution < 1.29 is 19.4 Å². The standard InChI is InChI=1S/C22H26N2O4/c1-16-13-17(22(26)27)15-24(14-16)12-11-21(25)23-19-9-5-6-10-20(19)28-18-7-3-2-4-8-18/h2-10,16-17H,11-15H2,1H3,(H,23,25)(H,26,27). The smallest absolute Gasteiger partial charge is 0.307 e. The van der Waals surface area contributed by atoms with Crippen molar-refractivity contribution in [3.63, 3.8) is 0 Å². The van der Waals surface area contributed by atoms with Gasteiger partial charge in [-0.2, -0.15) is 0 Å². The summed E-state index contributed by atoms with van der Waals surface area (Å²) in [6, 6.07) is 16.7. The molecule has 1 aliphatic rings. The number of carboxylic acids is 1. The van der Waals surface area contributed by atoms with Gasteiger partial charge in [-0.1, -0.05) is 37.3 Å². The highest BCUT2D eigenvalue weighted by molar-refractivity contribution is 5.92. The Bertz CT molecular complexity index is 809. The Morgan fingerprint density at radius 3 is 2.57 bits per heavy atom. The topological polar surface area (TPSA) is 78.9 Å². The number of likely N-dealkylation sites (tertiary alicyclic amines) is 1. The van der Waals surface area contributed by atoms with Gasteiger partial charge in [-0.05, 0) is 36.6 Å². The van der Waals surface area contributed by atoms with E-state index in [1.54, 1.807) is 6.07 Å². The van der Waals surface area contributed by atoms with Crippen molar-refractivity contribution in [1.29, 1.82) is 0 Å². The van der Waals surface area contributed by atoms with Crippen LogP contribution in [0.1, 0.15) is 19.8 Å². The summed E-state index contributed by atoms with van der Waals surface area (Å²) in [5.74, 6) is 0.373. The molecule has 1 aliphatic heterocycles. The fourth-order valence-corrected chi connectivity index (χ4v) is 3.57. The van der Waals surface area contributed by atoms with Gasteiger partial charge in [0.15, 0.2) is 5.75 Å². The number of carbonyl (C=O) groups is 2. The second-order valence-corrected chi connectivity index (χ2v) is 7.35. The molecule has 1 amide bonds. The maximum Gasteiger partial charge on any atom is 0.307 e. The largest absolute Gasteiger partial charge is 0.481 e. The predicted molar refractivity (Wildman–Crippen MR) is 108 cm³/mol. The first-order valence-electron chi connectivity index (χ1n) is 9.58. The number of aliphatic carboxylic acids is 1. The van der Waals surface area contributed by atoms with Crippen LogP contribution in [0.5, 0.6) is 11.5 Å². The van der Waals surface area contributed by atoms with Crippen LogP contribution >= 0.6 is 0 Å². The van der Waals surface area contributed by atoms with Crippen molar-refractivity contribution in [3.05, 3.63) is 54.6 Å². The summed E-state index contributed by atoms with van der Waals surface area (Å²) in [5, 5.41) is 12.2. The van der Waals surface area contributed by atoms with E-state index in [0.29, 0.717) is 49.0 Å². The first-order chi connectivity index (χ1) is 13.5. The molecule has 0 radical (unpaired) electrons. The molecule has 3 rings (SSSR count). The molecule has 148 valence electrons. The molecule has 0 saturated carbocycles. The maximum atomic E-state index is 12.4. The SMILES string of the molecule is CC1CC(C(=O)O)CN(CCC(=O)Nc2ccccc2Oc2ccccc2)C1. The van der Waals surface area contributed by atoms with Gasteiger partial charge in [-0.25, -0.2) is 0 Å². The molecule has 0 aromatic heterocycles. The predicted octanol–water partition coefficient (Wildman–Crippen LogP) is 3.85. The van der Waals surface area contributed by atoms with Gasteiger partial charge in [0.2, 0.25) is 5.91 Å². The molecule has 2 unspecified atom stereocenters. The zero-order chi connectivity index (χ0) is 19.9. The van der Waals surface area contributed by atoms with Crippen LogP contribution in [-0.2, 0) is 9.59 Å². The summed E-state index contributed by atoms with van der Waals surface area (Å²) in [5.41, 5.74) is 0.617. The number of carbonyl (C=O) groups excluding carboxylic acids is 1. The number of anilines is 1. The van der Waals surface area contributed by atoms with Crippen LogP contribution in [0.4, 0.5) is 5.69 Å². The van der Waals surface area contributed by atoms with Gasteiger partial charge < -0.3 is 20.1 Å². The summed E-state index contributed by atoms with van der Waals surface area (Å²) >= 11 is 0. The monoisotopic (exact) mass is 382 g/mol. The first-order valence-corrected chi connectivity index (χ1v) is 9.58. The second kappa shape index (κ2) is 9.37. The lowest BCUT2D eigenvalue weighted by molar-refractivity contribution is -0.144. The van der Waals surface area contributed by atoms with Crippen molar-refractivity contribution in [1.82, 2.24) is 4.90 Å². The molecule has 1 fully saturated rings. The van der Waals surface area contributed by atoms with E-state index in [4.69, 9.17) is 4.74 Å². The third-order valence-electron chi connectivity index (χ3n) is 4.87. The van der Waals surface area contributed by atoms with Crippen molar-refractivity contribution in [2.45, 2.75) is 19.8 Å². The molecule has 2 aromatic rings. The summed E-state index contributed by atoms with van der Waals surface area (Å²) < 4.78 is 5.87. The van der Waals surface area contributed by atoms with Gasteiger partial charge in [0.25, 0.3) is 0 Å². The van der Waals surface area contributed by atoms with E-state index in [9.17, 15) is 14.7 Å². The lowest BCUT2D eigenvalue weighted by atomic mass is 9.90. The maximum absolute atomic E-state index is 12.4. The molecule has 1 saturated heterocycles. The van der Waals surface area contributed by atoms with Gasteiger partial charge >= 0.3 is 5.97 Å². The van der Waals surface area contributed by atoms with Crippen LogP contribution < -0.4 is 10.1 Å². The van der Waals surface area contributed by atoms with Gasteiger partial charge in [-0.15, -0.1) is 0 Å². The molecule has 0 bridgehead atoms. The van der Waals surface area contributed by atoms with E-state index >= 15 is 0 Å². The molecular formula is C22H26N2O4. The summed E-state index contributed by atoms with van der Waals surface area (Å²) in [6.07, 6.45) is 1.00. The van der Waals surface area contributed by atoms with Gasteiger partial charge in [0.1, 0.15) is 5.75 Å². The highest BCUT2D eigenvalue weighted by Crippen LogP contribution is 2.29. The van der Waals surface area contributed by atoms with Crippen molar-refractivity contribution in [3.8, 4) is 11.5 Å². The number of nitrogens with one attached hydrogen (secondary N) is 1. The molecule has 6 heteroatoms. The molecule has 6 nitrogen and oxygen atoms in total. The number of rotatable bonds is 7. The van der Waals surface area contributed by atoms with Crippen molar-refractivity contribution in [2.24, 2.45) is 11.8 Å². The number of nitrogens with zero attached hydrogens (tertiary/aromatic N) is 1. The third kappa shape index (κ3) is 5.57. The van der Waals surface area contributed by atoms with Crippen molar-refractivity contribution in [2.75, 3.05) is 25.0 Å². The lowest BCUT2D eigenvalue weighted by Crippen LogP contribution is -2.43. The minimum atomic E-state index is -0.756. The average Bonchev–Trinajstić information content (AvgIpc) is 2.68. The summed E-state index contributed by atoms with van der Waals surface area (Å²) in [6.45, 7) is 3.92.